The molecule has 0 aromatic carbocycles. The van der Waals surface area contributed by atoms with Gasteiger partial charge in [0, 0.05) is 36.4 Å². The normalized spacial score (nSPS) is 21.7. The van der Waals surface area contributed by atoms with E-state index in [1.165, 1.54) is 16.9 Å². The standard InChI is InChI=1S/C19H24N2O2S/c1-14-4-5-16-17(13-24-18(16)11-14)19(22)21-8-6-20(7-9-21)12-15-3-2-10-23-15/h2-3,10,13-14H,4-9,11-12H2,1H3. The van der Waals surface area contributed by atoms with E-state index < -0.39 is 0 Å². The molecule has 24 heavy (non-hydrogen) atoms. The molecule has 5 heteroatoms. The Hall–Kier alpha value is -1.59. The Morgan fingerprint density at radius 2 is 2.17 bits per heavy atom. The number of piperazine rings is 1. The smallest absolute Gasteiger partial charge is 0.255 e. The first-order chi connectivity index (χ1) is 11.7. The van der Waals surface area contributed by atoms with E-state index in [-0.39, 0.29) is 5.91 Å². The molecule has 0 spiro atoms. The predicted octanol–water partition coefficient (Wildman–Crippen LogP) is 3.42. The molecule has 128 valence electrons. The third-order valence-electron chi connectivity index (χ3n) is 5.25. The number of hydrogen-bond donors (Lipinski definition) is 0. The molecule has 1 amide bonds. The minimum atomic E-state index is 0.236. The summed E-state index contributed by atoms with van der Waals surface area (Å²) in [6.07, 6.45) is 5.14. The van der Waals surface area contributed by atoms with Crippen molar-refractivity contribution in [2.45, 2.75) is 32.7 Å². The highest BCUT2D eigenvalue weighted by molar-refractivity contribution is 7.10. The molecule has 0 bridgehead atoms. The molecule has 1 aliphatic carbocycles. The highest BCUT2D eigenvalue weighted by Crippen LogP contribution is 2.33. The SMILES string of the molecule is CC1CCc2c(C(=O)N3CCN(Cc4ccco4)CC3)csc2C1. The van der Waals surface area contributed by atoms with Crippen LogP contribution in [-0.2, 0) is 19.4 Å². The molecule has 2 aliphatic rings. The van der Waals surface area contributed by atoms with Crippen molar-refractivity contribution in [2.75, 3.05) is 26.2 Å². The fourth-order valence-electron chi connectivity index (χ4n) is 3.76. The predicted molar refractivity (Wildman–Crippen MR) is 95.4 cm³/mol. The van der Waals surface area contributed by atoms with Crippen molar-refractivity contribution in [3.8, 4) is 0 Å². The lowest BCUT2D eigenvalue weighted by Crippen LogP contribution is -2.48. The lowest BCUT2D eigenvalue weighted by molar-refractivity contribution is 0.0619. The third kappa shape index (κ3) is 3.15. The van der Waals surface area contributed by atoms with Crippen LogP contribution < -0.4 is 0 Å². The van der Waals surface area contributed by atoms with Crippen molar-refractivity contribution in [3.05, 3.63) is 45.5 Å². The monoisotopic (exact) mass is 344 g/mol. The Balaban J connectivity index is 1.38. The molecule has 4 nitrogen and oxygen atoms in total. The van der Waals surface area contributed by atoms with Gasteiger partial charge < -0.3 is 9.32 Å². The molecule has 0 radical (unpaired) electrons. The second kappa shape index (κ2) is 6.73. The Kier molecular flexibility index (Phi) is 4.46. The zero-order chi connectivity index (χ0) is 16.5. The van der Waals surface area contributed by atoms with Crippen LogP contribution in [0.4, 0.5) is 0 Å². The Morgan fingerprint density at radius 3 is 2.92 bits per heavy atom. The van der Waals surface area contributed by atoms with Crippen LogP contribution in [-0.4, -0.2) is 41.9 Å². The third-order valence-corrected chi connectivity index (χ3v) is 6.30. The zero-order valence-corrected chi connectivity index (χ0v) is 15.0. The minimum absolute atomic E-state index is 0.236. The van der Waals surface area contributed by atoms with Gasteiger partial charge in [-0.15, -0.1) is 11.3 Å². The van der Waals surface area contributed by atoms with Gasteiger partial charge in [-0.2, -0.15) is 0 Å². The van der Waals surface area contributed by atoms with Gasteiger partial charge in [-0.05, 0) is 42.9 Å². The Bertz CT molecular complexity index is 699. The summed E-state index contributed by atoms with van der Waals surface area (Å²) in [4.78, 5) is 18.8. The average Bonchev–Trinajstić information content (AvgIpc) is 3.24. The minimum Gasteiger partial charge on any atom is -0.468 e. The van der Waals surface area contributed by atoms with Gasteiger partial charge in [0.25, 0.3) is 5.91 Å². The summed E-state index contributed by atoms with van der Waals surface area (Å²) in [5.41, 5.74) is 2.31. The van der Waals surface area contributed by atoms with Gasteiger partial charge in [0.2, 0.25) is 0 Å². The second-order valence-electron chi connectivity index (χ2n) is 7.05. The lowest BCUT2D eigenvalue weighted by Gasteiger charge is -2.34. The van der Waals surface area contributed by atoms with Crippen LogP contribution in [0.25, 0.3) is 0 Å². The highest BCUT2D eigenvalue weighted by Gasteiger charge is 2.28. The van der Waals surface area contributed by atoms with Crippen molar-refractivity contribution in [1.29, 1.82) is 0 Å². The second-order valence-corrected chi connectivity index (χ2v) is 8.01. The Morgan fingerprint density at radius 1 is 1.33 bits per heavy atom. The van der Waals surface area contributed by atoms with Crippen LogP contribution in [0.15, 0.2) is 28.2 Å². The van der Waals surface area contributed by atoms with Crippen LogP contribution in [0, 0.1) is 5.92 Å². The summed E-state index contributed by atoms with van der Waals surface area (Å²) in [5.74, 6) is 1.99. The molecule has 0 N–H and O–H groups in total. The highest BCUT2D eigenvalue weighted by atomic mass is 32.1. The van der Waals surface area contributed by atoms with Crippen LogP contribution in [0.2, 0.25) is 0 Å². The lowest BCUT2D eigenvalue weighted by atomic mass is 9.88. The summed E-state index contributed by atoms with van der Waals surface area (Å²) >= 11 is 1.78. The molecular weight excluding hydrogens is 320 g/mol. The van der Waals surface area contributed by atoms with Crippen LogP contribution in [0.3, 0.4) is 0 Å². The topological polar surface area (TPSA) is 36.7 Å². The van der Waals surface area contributed by atoms with Gasteiger partial charge in [-0.25, -0.2) is 0 Å². The summed E-state index contributed by atoms with van der Waals surface area (Å²) in [6.45, 7) is 6.58. The van der Waals surface area contributed by atoms with Crippen LogP contribution >= 0.6 is 11.3 Å². The number of thiophene rings is 1. The molecule has 2 aromatic rings. The number of nitrogens with zero attached hydrogens (tertiary/aromatic N) is 2. The van der Waals surface area contributed by atoms with Gasteiger partial charge in [0.1, 0.15) is 5.76 Å². The maximum Gasteiger partial charge on any atom is 0.255 e. The van der Waals surface area contributed by atoms with E-state index in [1.54, 1.807) is 17.6 Å². The van der Waals surface area contributed by atoms with E-state index in [2.05, 4.69) is 17.2 Å². The molecule has 2 aromatic heterocycles. The van der Waals surface area contributed by atoms with Gasteiger partial charge in [0.15, 0.2) is 0 Å². The van der Waals surface area contributed by atoms with Crippen LogP contribution in [0.5, 0.6) is 0 Å². The molecule has 1 saturated heterocycles. The maximum absolute atomic E-state index is 12.9. The average molecular weight is 344 g/mol. The fourth-order valence-corrected chi connectivity index (χ4v) is 5.00. The number of carbonyl (C=O) groups is 1. The van der Waals surface area contributed by atoms with E-state index in [0.29, 0.717) is 0 Å². The van der Waals surface area contributed by atoms with E-state index in [9.17, 15) is 4.79 Å². The van der Waals surface area contributed by atoms with Gasteiger partial charge in [0.05, 0.1) is 18.4 Å². The first-order valence-corrected chi connectivity index (χ1v) is 9.72. The van der Waals surface area contributed by atoms with Crippen molar-refractivity contribution < 1.29 is 9.21 Å². The van der Waals surface area contributed by atoms with Gasteiger partial charge >= 0.3 is 0 Å². The fraction of sp³-hybridized carbons (Fsp3) is 0.526. The molecule has 1 atom stereocenters. The van der Waals surface area contributed by atoms with Crippen molar-refractivity contribution >= 4 is 17.2 Å². The number of furan rings is 1. The Labute approximate surface area is 147 Å². The first-order valence-electron chi connectivity index (χ1n) is 8.84. The molecule has 4 rings (SSSR count). The largest absolute Gasteiger partial charge is 0.468 e. The van der Waals surface area contributed by atoms with Crippen LogP contribution in [0.1, 0.15) is 39.9 Å². The summed E-state index contributed by atoms with van der Waals surface area (Å²) in [7, 11) is 0. The molecule has 0 saturated carbocycles. The molecular formula is C19H24N2O2S. The first kappa shape index (κ1) is 15.9. The number of rotatable bonds is 3. The zero-order valence-electron chi connectivity index (χ0n) is 14.2. The van der Waals surface area contributed by atoms with Gasteiger partial charge in [-0.3, -0.25) is 9.69 Å². The van der Waals surface area contributed by atoms with Crippen molar-refractivity contribution in [1.82, 2.24) is 9.80 Å². The van der Waals surface area contributed by atoms with E-state index in [0.717, 1.165) is 62.8 Å². The quantitative estimate of drug-likeness (QED) is 0.856. The number of carbonyl (C=O) groups excluding carboxylic acids is 1. The number of amides is 1. The summed E-state index contributed by atoms with van der Waals surface area (Å²) in [5, 5.41) is 2.10. The number of fused-ring (bicyclic) bond motifs is 1. The number of hydrogen-bond acceptors (Lipinski definition) is 4. The molecule has 1 aliphatic heterocycles. The van der Waals surface area contributed by atoms with Gasteiger partial charge in [-0.1, -0.05) is 6.92 Å². The van der Waals surface area contributed by atoms with E-state index in [4.69, 9.17) is 4.42 Å². The maximum atomic E-state index is 12.9. The molecule has 1 unspecified atom stereocenters. The molecule has 3 heterocycles. The van der Waals surface area contributed by atoms with E-state index in [1.807, 2.05) is 17.0 Å². The summed E-state index contributed by atoms with van der Waals surface area (Å²) < 4.78 is 5.42. The van der Waals surface area contributed by atoms with Crippen molar-refractivity contribution in [3.63, 3.8) is 0 Å². The molecule has 1 fully saturated rings. The van der Waals surface area contributed by atoms with Crippen molar-refractivity contribution in [2.24, 2.45) is 5.92 Å². The van der Waals surface area contributed by atoms with E-state index >= 15 is 0 Å². The summed E-state index contributed by atoms with van der Waals surface area (Å²) in [6, 6.07) is 3.94.